The molecule has 35 heavy (non-hydrogen) atoms. The molecule has 5 rings (SSSR count). The first-order valence-corrected chi connectivity index (χ1v) is 13.8. The molecule has 3 aromatic rings. The molecule has 188 valence electrons. The third-order valence-electron chi connectivity index (χ3n) is 6.32. The fourth-order valence-electron chi connectivity index (χ4n) is 4.38. The fraction of sp³-hybridized carbons (Fsp3) is 0.478. The van der Waals surface area contributed by atoms with Crippen LogP contribution in [0, 0.1) is 0 Å². The normalized spacial score (nSPS) is 18.5. The number of morpholine rings is 1. The van der Waals surface area contributed by atoms with Gasteiger partial charge in [-0.15, -0.1) is 11.3 Å². The lowest BCUT2D eigenvalue weighted by atomic mass is 10.2. The average Bonchev–Trinajstić information content (AvgIpc) is 3.26. The van der Waals surface area contributed by atoms with Crippen LogP contribution in [0.1, 0.15) is 4.88 Å². The molecule has 10 nitrogen and oxygen atoms in total. The summed E-state index contributed by atoms with van der Waals surface area (Å²) in [5, 5.41) is 9.96. The average molecular weight is 519 g/mol. The van der Waals surface area contributed by atoms with Gasteiger partial charge in [0.2, 0.25) is 0 Å². The molecule has 0 saturated carbocycles. The maximum absolute atomic E-state index is 12.4. The van der Waals surface area contributed by atoms with Crippen molar-refractivity contribution in [1.82, 2.24) is 23.5 Å². The van der Waals surface area contributed by atoms with Crippen LogP contribution in [0.15, 0.2) is 30.3 Å². The van der Waals surface area contributed by atoms with E-state index in [9.17, 15) is 13.5 Å². The van der Waals surface area contributed by atoms with Crippen LogP contribution < -0.4 is 4.90 Å². The van der Waals surface area contributed by atoms with Crippen LogP contribution in [0.3, 0.4) is 0 Å². The molecule has 2 aliphatic heterocycles. The van der Waals surface area contributed by atoms with Crippen molar-refractivity contribution in [2.45, 2.75) is 6.54 Å². The summed E-state index contributed by atoms with van der Waals surface area (Å²) in [4.78, 5) is 15.4. The number of nitrogens with zero attached hydrogens (tertiary/aromatic N) is 6. The number of benzene rings is 1. The van der Waals surface area contributed by atoms with Crippen LogP contribution in [0.4, 0.5) is 5.82 Å². The predicted octanol–water partition coefficient (Wildman–Crippen LogP) is 1.82. The maximum atomic E-state index is 12.4. The van der Waals surface area contributed by atoms with Crippen LogP contribution in [0.5, 0.6) is 5.75 Å². The molecule has 0 aliphatic carbocycles. The molecule has 0 radical (unpaired) electrons. The summed E-state index contributed by atoms with van der Waals surface area (Å²) >= 11 is 1.69. The highest BCUT2D eigenvalue weighted by Gasteiger charge is 2.29. The lowest BCUT2D eigenvalue weighted by molar-refractivity contribution is 0.122. The lowest BCUT2D eigenvalue weighted by Gasteiger charge is -2.34. The van der Waals surface area contributed by atoms with Crippen molar-refractivity contribution in [3.05, 3.63) is 35.2 Å². The van der Waals surface area contributed by atoms with E-state index < -0.39 is 10.2 Å². The molecule has 0 unspecified atom stereocenters. The molecule has 1 aromatic carbocycles. The Labute approximate surface area is 209 Å². The van der Waals surface area contributed by atoms with Gasteiger partial charge in [-0.25, -0.2) is 9.97 Å². The van der Waals surface area contributed by atoms with Crippen molar-refractivity contribution in [3.8, 4) is 17.1 Å². The quantitative estimate of drug-likeness (QED) is 0.527. The molecule has 2 aliphatic rings. The standard InChI is InChI=1S/C23H30N6O4S2/c1-26(2)35(31,32)29-8-6-27(7-9-29)16-19-15-20-21(34-19)23(28-10-12-33-13-11-28)25-22(24-20)17-4-3-5-18(30)14-17/h3-5,14-15,30H,6-13,16H2,1-2H3. The summed E-state index contributed by atoms with van der Waals surface area (Å²) < 4.78 is 34.2. The minimum Gasteiger partial charge on any atom is -0.508 e. The zero-order chi connectivity index (χ0) is 24.6. The molecule has 1 N–H and O–H groups in total. The van der Waals surface area contributed by atoms with Crippen molar-refractivity contribution < 1.29 is 18.3 Å². The zero-order valence-corrected chi connectivity index (χ0v) is 21.6. The number of piperazine rings is 1. The first kappa shape index (κ1) is 24.3. The van der Waals surface area contributed by atoms with Crippen molar-refractivity contribution in [2.24, 2.45) is 0 Å². The Bertz CT molecular complexity index is 1300. The first-order valence-electron chi connectivity index (χ1n) is 11.6. The van der Waals surface area contributed by atoms with Gasteiger partial charge in [0.1, 0.15) is 5.75 Å². The predicted molar refractivity (Wildman–Crippen MR) is 137 cm³/mol. The van der Waals surface area contributed by atoms with Gasteiger partial charge in [-0.05, 0) is 18.2 Å². The molecule has 0 spiro atoms. The molecule has 2 aromatic heterocycles. The Kier molecular flexibility index (Phi) is 6.93. The highest BCUT2D eigenvalue weighted by atomic mass is 32.2. The number of anilines is 1. The fourth-order valence-corrected chi connectivity index (χ4v) is 6.62. The maximum Gasteiger partial charge on any atom is 0.281 e. The highest BCUT2D eigenvalue weighted by molar-refractivity contribution is 7.86. The molecular weight excluding hydrogens is 488 g/mol. The van der Waals surface area contributed by atoms with Crippen molar-refractivity contribution in [1.29, 1.82) is 0 Å². The van der Waals surface area contributed by atoms with Crippen molar-refractivity contribution >= 4 is 37.6 Å². The van der Waals surface area contributed by atoms with Crippen LogP contribution in [0.2, 0.25) is 0 Å². The van der Waals surface area contributed by atoms with Gasteiger partial charge in [0.15, 0.2) is 11.6 Å². The number of hydrogen-bond acceptors (Lipinski definition) is 9. The molecule has 0 atom stereocenters. The Balaban J connectivity index is 1.41. The van der Waals surface area contributed by atoms with Gasteiger partial charge in [0, 0.05) is 70.3 Å². The number of ether oxygens (including phenoxy) is 1. The van der Waals surface area contributed by atoms with E-state index in [1.54, 1.807) is 43.6 Å². The number of phenolic OH excluding ortho intramolecular Hbond substituents is 1. The van der Waals surface area contributed by atoms with E-state index >= 15 is 0 Å². The second kappa shape index (κ2) is 9.96. The Morgan fingerprint density at radius 1 is 1.06 bits per heavy atom. The number of aromatic nitrogens is 2. The highest BCUT2D eigenvalue weighted by Crippen LogP contribution is 2.35. The smallest absolute Gasteiger partial charge is 0.281 e. The third-order valence-corrected chi connectivity index (χ3v) is 9.36. The first-order chi connectivity index (χ1) is 16.8. The molecule has 2 fully saturated rings. The summed E-state index contributed by atoms with van der Waals surface area (Å²) in [6.07, 6.45) is 0. The summed E-state index contributed by atoms with van der Waals surface area (Å²) in [7, 11) is -0.245. The van der Waals surface area contributed by atoms with E-state index in [1.165, 1.54) is 13.5 Å². The molecule has 4 heterocycles. The van der Waals surface area contributed by atoms with Crippen LogP contribution in [-0.4, -0.2) is 104 Å². The number of rotatable bonds is 6. The zero-order valence-electron chi connectivity index (χ0n) is 19.9. The molecule has 2 saturated heterocycles. The lowest BCUT2D eigenvalue weighted by Crippen LogP contribution is -2.51. The molecule has 0 bridgehead atoms. The number of phenols is 1. The third kappa shape index (κ3) is 5.13. The van der Waals surface area contributed by atoms with Gasteiger partial charge >= 0.3 is 0 Å². The van der Waals surface area contributed by atoms with Crippen molar-refractivity contribution in [2.75, 3.05) is 71.5 Å². The van der Waals surface area contributed by atoms with Crippen LogP contribution in [-0.2, 0) is 21.5 Å². The minimum atomic E-state index is -3.38. The summed E-state index contributed by atoms with van der Waals surface area (Å²) in [6.45, 7) is 5.90. The monoisotopic (exact) mass is 518 g/mol. The van der Waals surface area contributed by atoms with E-state index in [2.05, 4.69) is 15.9 Å². The number of aromatic hydroxyl groups is 1. The van der Waals surface area contributed by atoms with Gasteiger partial charge in [-0.2, -0.15) is 17.0 Å². The Morgan fingerprint density at radius 3 is 2.49 bits per heavy atom. The van der Waals surface area contributed by atoms with E-state index in [1.807, 2.05) is 6.07 Å². The van der Waals surface area contributed by atoms with E-state index in [0.717, 1.165) is 41.2 Å². The Hall–Kier alpha value is -2.35. The second-order valence-corrected chi connectivity index (χ2v) is 12.2. The number of fused-ring (bicyclic) bond motifs is 1. The topological polar surface area (TPSA) is 102 Å². The van der Waals surface area contributed by atoms with E-state index in [-0.39, 0.29) is 5.75 Å². The van der Waals surface area contributed by atoms with Gasteiger partial charge in [-0.1, -0.05) is 12.1 Å². The Morgan fingerprint density at radius 2 is 1.80 bits per heavy atom. The summed E-state index contributed by atoms with van der Waals surface area (Å²) in [5.41, 5.74) is 1.65. The van der Waals surface area contributed by atoms with Gasteiger partial charge < -0.3 is 14.7 Å². The van der Waals surface area contributed by atoms with Crippen LogP contribution >= 0.6 is 11.3 Å². The minimum absolute atomic E-state index is 0.181. The van der Waals surface area contributed by atoms with E-state index in [4.69, 9.17) is 14.7 Å². The number of hydrogen-bond donors (Lipinski definition) is 1. The van der Waals surface area contributed by atoms with Gasteiger partial charge in [0.05, 0.1) is 23.4 Å². The van der Waals surface area contributed by atoms with Crippen LogP contribution in [0.25, 0.3) is 21.6 Å². The second-order valence-electron chi connectivity index (χ2n) is 8.91. The van der Waals surface area contributed by atoms with Crippen molar-refractivity contribution in [3.63, 3.8) is 0 Å². The molecule has 12 heteroatoms. The summed E-state index contributed by atoms with van der Waals surface area (Å²) in [5.74, 6) is 1.66. The summed E-state index contributed by atoms with van der Waals surface area (Å²) in [6, 6.07) is 9.12. The van der Waals surface area contributed by atoms with E-state index in [0.29, 0.717) is 45.2 Å². The largest absolute Gasteiger partial charge is 0.508 e. The molecular formula is C23H30N6O4S2. The van der Waals surface area contributed by atoms with Gasteiger partial charge in [-0.3, -0.25) is 4.90 Å². The number of thiophene rings is 1. The SMILES string of the molecule is CN(C)S(=O)(=O)N1CCN(Cc2cc3nc(-c4cccc(O)c4)nc(N4CCOCC4)c3s2)CC1. The molecule has 0 amide bonds. The van der Waals surface area contributed by atoms with Gasteiger partial charge in [0.25, 0.3) is 10.2 Å².